The number of rotatable bonds is 56. The van der Waals surface area contributed by atoms with Gasteiger partial charge in [0, 0.05) is 0 Å². The van der Waals surface area contributed by atoms with E-state index in [1.807, 2.05) is 0 Å². The van der Waals surface area contributed by atoms with E-state index < -0.39 is 74.2 Å². The number of carbonyl (C=O) groups is 1. The highest BCUT2D eigenvalue weighted by Gasteiger charge is 2.44. The monoisotopic (exact) mass is 1040 g/mol. The van der Waals surface area contributed by atoms with Crippen molar-refractivity contribution in [2.24, 2.45) is 0 Å². The lowest BCUT2D eigenvalue weighted by atomic mass is 9.98. The third-order valence-electron chi connectivity index (χ3n) is 15.9. The van der Waals surface area contributed by atoms with Gasteiger partial charge in [-0.3, -0.25) is 4.79 Å². The SMILES string of the molecule is CCCCCCCCCCCCCCCCCCCCCCCCCCCCCCCCC(O)C(O)C(COC1OC(CO)C(O)C(O)C1O)NC(=O)C(O)CCCCCCCCCCCCCCCCCC. The number of nitrogens with one attached hydrogen (secondary N) is 1. The van der Waals surface area contributed by atoms with E-state index in [9.17, 15) is 40.5 Å². The van der Waals surface area contributed by atoms with Crippen LogP contribution in [0, 0.1) is 0 Å². The van der Waals surface area contributed by atoms with Gasteiger partial charge in [-0.1, -0.05) is 309 Å². The lowest BCUT2D eigenvalue weighted by Crippen LogP contribution is -2.60. The molecule has 0 saturated carbocycles. The summed E-state index contributed by atoms with van der Waals surface area (Å²) in [6.45, 7) is 3.50. The topological polar surface area (TPSA) is 189 Å². The van der Waals surface area contributed by atoms with Gasteiger partial charge in [0.2, 0.25) is 5.91 Å². The Balaban J connectivity index is 2.20. The Bertz CT molecular complexity index is 1150. The molecule has 9 atom stereocenters. The Kier molecular flexibility index (Phi) is 49.8. The van der Waals surface area contributed by atoms with Gasteiger partial charge in [-0.25, -0.2) is 0 Å². The number of ether oxygens (including phenoxy) is 2. The molecular weight excluding hydrogens is 919 g/mol. The molecule has 73 heavy (non-hydrogen) atoms. The van der Waals surface area contributed by atoms with Crippen molar-refractivity contribution >= 4 is 5.91 Å². The molecule has 1 aliphatic heterocycles. The van der Waals surface area contributed by atoms with E-state index in [-0.39, 0.29) is 6.42 Å². The summed E-state index contributed by atoms with van der Waals surface area (Å²) in [7, 11) is 0. The minimum Gasteiger partial charge on any atom is -0.394 e. The second-order valence-electron chi connectivity index (χ2n) is 22.9. The van der Waals surface area contributed by atoms with Crippen molar-refractivity contribution in [1.29, 1.82) is 0 Å². The first-order valence-corrected chi connectivity index (χ1v) is 31.9. The Morgan fingerprint density at radius 1 is 0.425 bits per heavy atom. The van der Waals surface area contributed by atoms with Crippen LogP contribution in [-0.4, -0.2) is 110 Å². The molecule has 8 N–H and O–H groups in total. The smallest absolute Gasteiger partial charge is 0.249 e. The summed E-state index contributed by atoms with van der Waals surface area (Å²) in [6.07, 6.45) is 48.9. The summed E-state index contributed by atoms with van der Waals surface area (Å²) < 4.78 is 11.2. The van der Waals surface area contributed by atoms with Crippen LogP contribution in [0.1, 0.15) is 322 Å². The number of aliphatic hydroxyl groups excluding tert-OH is 7. The van der Waals surface area contributed by atoms with Gasteiger partial charge in [0.1, 0.15) is 36.6 Å². The average molecular weight is 1040 g/mol. The van der Waals surface area contributed by atoms with Crippen molar-refractivity contribution in [3.63, 3.8) is 0 Å². The van der Waals surface area contributed by atoms with E-state index in [4.69, 9.17) is 9.47 Å². The molecule has 0 bridgehead atoms. The molecule has 1 amide bonds. The second kappa shape index (κ2) is 51.8. The third kappa shape index (κ3) is 40.0. The molecule has 1 rings (SSSR count). The second-order valence-corrected chi connectivity index (χ2v) is 22.9. The highest BCUT2D eigenvalue weighted by Crippen LogP contribution is 2.24. The van der Waals surface area contributed by atoms with E-state index in [2.05, 4.69) is 19.2 Å². The summed E-state index contributed by atoms with van der Waals surface area (Å²) in [5.41, 5.74) is 0. The zero-order chi connectivity index (χ0) is 53.3. The molecule has 0 aromatic heterocycles. The number of carbonyl (C=O) groups excluding carboxylic acids is 1. The molecule has 1 heterocycles. The number of aliphatic hydroxyl groups is 7. The standard InChI is InChI=1S/C62H123NO10/c1-3-5-7-9-11-13-15-17-19-21-22-23-24-25-26-27-28-29-30-31-32-33-34-36-37-39-41-43-45-47-49-54(65)57(67)53(52-72-62-60(70)59(69)58(68)56(51-64)73-62)63-61(71)55(66)50-48-46-44-42-40-38-35-20-18-16-14-12-10-8-6-4-2/h53-60,62,64-70H,3-52H2,1-2H3,(H,63,71). The molecule has 0 aromatic rings. The minimum atomic E-state index is -1.66. The zero-order valence-electron chi connectivity index (χ0n) is 47.9. The van der Waals surface area contributed by atoms with E-state index in [1.54, 1.807) is 0 Å². The quantitative estimate of drug-likeness (QED) is 0.0272. The molecule has 1 aliphatic rings. The summed E-state index contributed by atoms with van der Waals surface area (Å²) >= 11 is 0. The largest absolute Gasteiger partial charge is 0.394 e. The summed E-state index contributed by atoms with van der Waals surface area (Å²) in [4.78, 5) is 13.2. The van der Waals surface area contributed by atoms with Gasteiger partial charge in [-0.05, 0) is 12.8 Å². The predicted octanol–water partition coefficient (Wildman–Crippen LogP) is 14.1. The lowest BCUT2D eigenvalue weighted by Gasteiger charge is -2.40. The summed E-state index contributed by atoms with van der Waals surface area (Å²) in [5, 5.41) is 76.3. The van der Waals surface area contributed by atoms with Crippen molar-refractivity contribution in [3.05, 3.63) is 0 Å². The van der Waals surface area contributed by atoms with E-state index in [1.165, 1.54) is 244 Å². The van der Waals surface area contributed by atoms with Crippen LogP contribution in [0.25, 0.3) is 0 Å². The van der Waals surface area contributed by atoms with Crippen molar-refractivity contribution < 1.29 is 50.0 Å². The molecule has 1 fully saturated rings. The van der Waals surface area contributed by atoms with Crippen LogP contribution in [0.2, 0.25) is 0 Å². The highest BCUT2D eigenvalue weighted by atomic mass is 16.7. The first-order chi connectivity index (χ1) is 35.7. The minimum absolute atomic E-state index is 0.267. The van der Waals surface area contributed by atoms with Crippen LogP contribution in [0.3, 0.4) is 0 Å². The van der Waals surface area contributed by atoms with E-state index in [0.29, 0.717) is 19.3 Å². The Morgan fingerprint density at radius 3 is 1.01 bits per heavy atom. The Morgan fingerprint density at radius 2 is 0.712 bits per heavy atom. The molecule has 1 saturated heterocycles. The van der Waals surface area contributed by atoms with Crippen LogP contribution >= 0.6 is 0 Å². The normalized spacial score (nSPS) is 19.8. The van der Waals surface area contributed by atoms with E-state index in [0.717, 1.165) is 38.5 Å². The van der Waals surface area contributed by atoms with Gasteiger partial charge in [-0.15, -0.1) is 0 Å². The van der Waals surface area contributed by atoms with E-state index >= 15 is 0 Å². The van der Waals surface area contributed by atoms with Gasteiger partial charge >= 0.3 is 0 Å². The number of hydrogen-bond donors (Lipinski definition) is 8. The fourth-order valence-electron chi connectivity index (χ4n) is 10.7. The highest BCUT2D eigenvalue weighted by molar-refractivity contribution is 5.80. The Hall–Kier alpha value is -0.890. The van der Waals surface area contributed by atoms with Crippen LogP contribution in [0.15, 0.2) is 0 Å². The number of amides is 1. The number of unbranched alkanes of at least 4 members (excludes halogenated alkanes) is 44. The maximum Gasteiger partial charge on any atom is 0.249 e. The van der Waals surface area contributed by atoms with Crippen molar-refractivity contribution in [1.82, 2.24) is 5.32 Å². The molecule has 9 unspecified atom stereocenters. The van der Waals surface area contributed by atoms with Crippen molar-refractivity contribution in [2.75, 3.05) is 13.2 Å². The fourth-order valence-corrected chi connectivity index (χ4v) is 10.7. The molecule has 0 aromatic carbocycles. The maximum absolute atomic E-state index is 13.2. The van der Waals surface area contributed by atoms with Crippen LogP contribution < -0.4 is 5.32 Å². The van der Waals surface area contributed by atoms with Crippen molar-refractivity contribution in [2.45, 2.75) is 377 Å². The van der Waals surface area contributed by atoms with Crippen LogP contribution in [0.5, 0.6) is 0 Å². The Labute approximate surface area is 449 Å². The summed E-state index contributed by atoms with van der Waals surface area (Å²) in [6, 6.07) is -1.16. The molecule has 0 spiro atoms. The number of hydrogen-bond acceptors (Lipinski definition) is 10. The fraction of sp³-hybridized carbons (Fsp3) is 0.984. The van der Waals surface area contributed by atoms with Gasteiger partial charge in [0.25, 0.3) is 0 Å². The molecule has 0 radical (unpaired) electrons. The third-order valence-corrected chi connectivity index (χ3v) is 15.9. The first kappa shape index (κ1) is 70.1. The zero-order valence-corrected chi connectivity index (χ0v) is 47.9. The maximum atomic E-state index is 13.2. The van der Waals surface area contributed by atoms with Crippen LogP contribution in [0.4, 0.5) is 0 Å². The summed E-state index contributed by atoms with van der Waals surface area (Å²) in [5.74, 6) is -0.689. The van der Waals surface area contributed by atoms with Gasteiger partial charge in [-0.2, -0.15) is 0 Å². The molecule has 11 nitrogen and oxygen atoms in total. The van der Waals surface area contributed by atoms with Gasteiger partial charge in [0.15, 0.2) is 6.29 Å². The lowest BCUT2D eigenvalue weighted by molar-refractivity contribution is -0.303. The van der Waals surface area contributed by atoms with Crippen molar-refractivity contribution in [3.8, 4) is 0 Å². The molecule has 436 valence electrons. The van der Waals surface area contributed by atoms with Gasteiger partial charge < -0.3 is 50.5 Å². The molecular formula is C62H123NO10. The average Bonchev–Trinajstić information content (AvgIpc) is 3.39. The molecule has 0 aliphatic carbocycles. The van der Waals surface area contributed by atoms with Crippen LogP contribution in [-0.2, 0) is 14.3 Å². The van der Waals surface area contributed by atoms with Gasteiger partial charge in [0.05, 0.1) is 25.4 Å². The molecule has 11 heteroatoms. The first-order valence-electron chi connectivity index (χ1n) is 31.9. The predicted molar refractivity (Wildman–Crippen MR) is 303 cm³/mol.